The number of likely N-dealkylation sites (N-methyl/N-ethyl adjacent to an activating group) is 1. The van der Waals surface area contributed by atoms with Gasteiger partial charge in [-0.25, -0.2) is 0 Å². The average Bonchev–Trinajstić information content (AvgIpc) is 2.29. The molecule has 1 heterocycles. The Kier molecular flexibility index (Phi) is 4.48. The third-order valence-corrected chi connectivity index (χ3v) is 3.73. The Labute approximate surface area is 117 Å². The van der Waals surface area contributed by atoms with Gasteiger partial charge < -0.3 is 15.1 Å². The van der Waals surface area contributed by atoms with Crippen LogP contribution in [0.1, 0.15) is 18.1 Å². The maximum atomic E-state index is 3.60. The van der Waals surface area contributed by atoms with Gasteiger partial charge >= 0.3 is 0 Å². The fraction of sp³-hybridized carbons (Fsp3) is 0.625. The van der Waals surface area contributed by atoms with Gasteiger partial charge in [0.25, 0.3) is 0 Å². The molecular weight excluding hydrogens is 234 g/mol. The summed E-state index contributed by atoms with van der Waals surface area (Å²) in [5.74, 6) is 0. The lowest BCUT2D eigenvalue weighted by Gasteiger charge is -2.42. The van der Waals surface area contributed by atoms with E-state index in [1.807, 2.05) is 0 Å². The van der Waals surface area contributed by atoms with Gasteiger partial charge in [-0.1, -0.05) is 6.07 Å². The van der Waals surface area contributed by atoms with E-state index in [2.05, 4.69) is 68.2 Å². The molecule has 1 N–H and O–H groups in total. The summed E-state index contributed by atoms with van der Waals surface area (Å²) in [4.78, 5) is 4.85. The van der Waals surface area contributed by atoms with Crippen LogP contribution >= 0.6 is 0 Å². The molecule has 0 radical (unpaired) electrons. The molecule has 19 heavy (non-hydrogen) atoms. The first-order valence-electron chi connectivity index (χ1n) is 7.19. The predicted molar refractivity (Wildman–Crippen MR) is 83.1 cm³/mol. The van der Waals surface area contributed by atoms with Gasteiger partial charge in [-0.2, -0.15) is 0 Å². The van der Waals surface area contributed by atoms with Crippen LogP contribution in [0.5, 0.6) is 0 Å². The van der Waals surface area contributed by atoms with Crippen molar-refractivity contribution in [2.24, 2.45) is 0 Å². The number of nitrogens with one attached hydrogen (secondary N) is 1. The standard InChI is InChI=1S/C16H27N3/c1-12-6-13(2)8-15(7-12)19-10-14(3)17-9-16(19)11-18(4)5/h6-8,14,16-17H,9-11H2,1-5H3. The van der Waals surface area contributed by atoms with E-state index < -0.39 is 0 Å². The van der Waals surface area contributed by atoms with Crippen LogP contribution in [-0.2, 0) is 0 Å². The van der Waals surface area contributed by atoms with E-state index in [4.69, 9.17) is 0 Å². The minimum Gasteiger partial charge on any atom is -0.364 e. The summed E-state index contributed by atoms with van der Waals surface area (Å²) in [6.07, 6.45) is 0. The van der Waals surface area contributed by atoms with Gasteiger partial charge in [-0.3, -0.25) is 0 Å². The molecule has 0 amide bonds. The van der Waals surface area contributed by atoms with Crippen LogP contribution in [0.25, 0.3) is 0 Å². The van der Waals surface area contributed by atoms with E-state index >= 15 is 0 Å². The molecule has 2 rings (SSSR count). The molecule has 1 saturated heterocycles. The molecule has 3 nitrogen and oxygen atoms in total. The topological polar surface area (TPSA) is 18.5 Å². The van der Waals surface area contributed by atoms with Gasteiger partial charge in [0.1, 0.15) is 0 Å². The van der Waals surface area contributed by atoms with Crippen LogP contribution in [0.3, 0.4) is 0 Å². The molecule has 1 aromatic carbocycles. The van der Waals surface area contributed by atoms with Gasteiger partial charge in [-0.15, -0.1) is 0 Å². The maximum absolute atomic E-state index is 3.60. The molecular formula is C16H27N3. The van der Waals surface area contributed by atoms with Crippen molar-refractivity contribution < 1.29 is 0 Å². The Balaban J connectivity index is 2.25. The molecule has 0 spiro atoms. The number of hydrogen-bond acceptors (Lipinski definition) is 3. The van der Waals surface area contributed by atoms with Crippen molar-refractivity contribution in [3.63, 3.8) is 0 Å². The number of anilines is 1. The van der Waals surface area contributed by atoms with Gasteiger partial charge in [0.05, 0.1) is 6.04 Å². The van der Waals surface area contributed by atoms with Crippen molar-refractivity contribution in [3.05, 3.63) is 29.3 Å². The highest BCUT2D eigenvalue weighted by molar-refractivity contribution is 5.52. The third-order valence-electron chi connectivity index (χ3n) is 3.73. The smallest absolute Gasteiger partial charge is 0.0542 e. The number of aryl methyl sites for hydroxylation is 2. The molecule has 3 heteroatoms. The lowest BCUT2D eigenvalue weighted by atomic mass is 10.1. The molecule has 0 aliphatic carbocycles. The normalized spacial score (nSPS) is 24.0. The quantitative estimate of drug-likeness (QED) is 0.898. The molecule has 0 aromatic heterocycles. The minimum atomic E-state index is 0.549. The second-order valence-corrected chi connectivity index (χ2v) is 6.22. The summed E-state index contributed by atoms with van der Waals surface area (Å²) in [5, 5.41) is 3.60. The molecule has 106 valence electrons. The van der Waals surface area contributed by atoms with Crippen molar-refractivity contribution in [1.29, 1.82) is 0 Å². The number of hydrogen-bond donors (Lipinski definition) is 1. The van der Waals surface area contributed by atoms with E-state index in [9.17, 15) is 0 Å². The Morgan fingerprint density at radius 2 is 1.84 bits per heavy atom. The SMILES string of the molecule is Cc1cc(C)cc(N2CC(C)NCC2CN(C)C)c1. The van der Waals surface area contributed by atoms with E-state index in [0.29, 0.717) is 12.1 Å². The zero-order chi connectivity index (χ0) is 14.0. The van der Waals surface area contributed by atoms with E-state index in [-0.39, 0.29) is 0 Å². The summed E-state index contributed by atoms with van der Waals surface area (Å²) < 4.78 is 0. The molecule has 1 aliphatic heterocycles. The van der Waals surface area contributed by atoms with Crippen molar-refractivity contribution in [2.45, 2.75) is 32.9 Å². The lowest BCUT2D eigenvalue weighted by molar-refractivity contribution is 0.317. The number of benzene rings is 1. The fourth-order valence-corrected chi connectivity index (χ4v) is 2.97. The maximum Gasteiger partial charge on any atom is 0.0542 e. The summed E-state index contributed by atoms with van der Waals surface area (Å²) in [6, 6.07) is 7.98. The summed E-state index contributed by atoms with van der Waals surface area (Å²) in [6.45, 7) is 9.87. The number of piperazine rings is 1. The molecule has 1 aromatic rings. The first kappa shape index (κ1) is 14.4. The highest BCUT2D eigenvalue weighted by atomic mass is 15.3. The van der Waals surface area contributed by atoms with Crippen LogP contribution in [0.4, 0.5) is 5.69 Å². The third kappa shape index (κ3) is 3.71. The second kappa shape index (κ2) is 5.93. The fourth-order valence-electron chi connectivity index (χ4n) is 2.97. The van der Waals surface area contributed by atoms with Crippen molar-refractivity contribution in [2.75, 3.05) is 38.6 Å². The molecule has 2 atom stereocenters. The van der Waals surface area contributed by atoms with Gasteiger partial charge in [-0.05, 0) is 58.1 Å². The van der Waals surface area contributed by atoms with Crippen LogP contribution < -0.4 is 10.2 Å². The van der Waals surface area contributed by atoms with Crippen LogP contribution in [0.15, 0.2) is 18.2 Å². The molecule has 2 unspecified atom stereocenters. The summed E-state index contributed by atoms with van der Waals surface area (Å²) in [7, 11) is 4.30. The average molecular weight is 261 g/mol. The first-order chi connectivity index (χ1) is 8.95. The van der Waals surface area contributed by atoms with Crippen molar-refractivity contribution in [1.82, 2.24) is 10.2 Å². The van der Waals surface area contributed by atoms with Crippen LogP contribution in [-0.4, -0.2) is 50.7 Å². The van der Waals surface area contributed by atoms with Gasteiger partial charge in [0.2, 0.25) is 0 Å². The molecule has 1 fully saturated rings. The highest BCUT2D eigenvalue weighted by Gasteiger charge is 2.26. The van der Waals surface area contributed by atoms with Crippen LogP contribution in [0.2, 0.25) is 0 Å². The van der Waals surface area contributed by atoms with E-state index in [0.717, 1.165) is 19.6 Å². The summed E-state index contributed by atoms with van der Waals surface area (Å²) in [5.41, 5.74) is 4.08. The Morgan fingerprint density at radius 1 is 1.21 bits per heavy atom. The van der Waals surface area contributed by atoms with Crippen LogP contribution in [0, 0.1) is 13.8 Å². The monoisotopic (exact) mass is 261 g/mol. The lowest BCUT2D eigenvalue weighted by Crippen LogP contribution is -2.58. The number of nitrogens with zero attached hydrogens (tertiary/aromatic N) is 2. The first-order valence-corrected chi connectivity index (χ1v) is 7.19. The second-order valence-electron chi connectivity index (χ2n) is 6.22. The molecule has 1 aliphatic rings. The summed E-state index contributed by atoms with van der Waals surface area (Å²) >= 11 is 0. The van der Waals surface area contributed by atoms with Gasteiger partial charge in [0, 0.05) is 31.4 Å². The Bertz CT molecular complexity index is 408. The highest BCUT2D eigenvalue weighted by Crippen LogP contribution is 2.23. The van der Waals surface area contributed by atoms with E-state index in [1.165, 1.54) is 16.8 Å². The molecule has 0 saturated carbocycles. The zero-order valence-electron chi connectivity index (χ0n) is 12.9. The van der Waals surface area contributed by atoms with Crippen molar-refractivity contribution >= 4 is 5.69 Å². The van der Waals surface area contributed by atoms with Gasteiger partial charge in [0.15, 0.2) is 0 Å². The largest absolute Gasteiger partial charge is 0.364 e. The zero-order valence-corrected chi connectivity index (χ0v) is 12.9. The minimum absolute atomic E-state index is 0.549. The van der Waals surface area contributed by atoms with Crippen molar-refractivity contribution in [3.8, 4) is 0 Å². The molecule has 0 bridgehead atoms. The number of rotatable bonds is 3. The Morgan fingerprint density at radius 3 is 2.42 bits per heavy atom. The predicted octanol–water partition coefficient (Wildman–Crippen LogP) is 2.03. The Hall–Kier alpha value is -1.06. The van der Waals surface area contributed by atoms with E-state index in [1.54, 1.807) is 0 Å².